The topological polar surface area (TPSA) is 52.6 Å². The molecule has 1 saturated heterocycles. The van der Waals surface area contributed by atoms with Crippen LogP contribution >= 0.6 is 0 Å². The molecule has 0 N–H and O–H groups in total. The van der Waals surface area contributed by atoms with Gasteiger partial charge in [-0.2, -0.15) is 8.42 Å². The van der Waals surface area contributed by atoms with Crippen molar-refractivity contribution in [2.75, 3.05) is 0 Å². The first-order valence-electron chi connectivity index (χ1n) is 11.5. The van der Waals surface area contributed by atoms with E-state index in [1.54, 1.807) is 11.1 Å². The number of benzene rings is 2. The Morgan fingerprint density at radius 2 is 1.00 bits per heavy atom. The van der Waals surface area contributed by atoms with Gasteiger partial charge in [-0.15, -0.1) is 0 Å². The summed E-state index contributed by atoms with van der Waals surface area (Å²) in [5.41, 5.74) is 8.18. The molecule has 2 aromatic carbocycles. The van der Waals surface area contributed by atoms with Crippen molar-refractivity contribution < 1.29 is 16.8 Å². The molecule has 2 aromatic rings. The van der Waals surface area contributed by atoms with Crippen molar-refractivity contribution in [2.24, 2.45) is 10.8 Å². The van der Waals surface area contributed by atoms with Crippen LogP contribution in [0.5, 0.6) is 0 Å². The van der Waals surface area contributed by atoms with Crippen molar-refractivity contribution >= 4 is 10.4 Å². The standard InChI is InChI=1S/C26H22O4S/c27-31(28)29-25-11-23-9-19-20(10-24(23,13-25)14-26(25,12-23)30-31)22-16-6-2-1-5-15(16)21(19)17-7-3-4-8-18(17)22/h1-8,21-22H,9-14H2. The second-order valence-corrected chi connectivity index (χ2v) is 12.5. The highest BCUT2D eigenvalue weighted by molar-refractivity contribution is 7.82. The van der Waals surface area contributed by atoms with Crippen LogP contribution in [0.1, 0.15) is 72.6 Å². The van der Waals surface area contributed by atoms with Gasteiger partial charge in [0.15, 0.2) is 0 Å². The van der Waals surface area contributed by atoms with Crippen LogP contribution in [0.2, 0.25) is 0 Å². The first-order valence-corrected chi connectivity index (χ1v) is 12.8. The van der Waals surface area contributed by atoms with Crippen molar-refractivity contribution in [3.63, 3.8) is 0 Å². The van der Waals surface area contributed by atoms with Gasteiger partial charge in [0.25, 0.3) is 0 Å². The lowest BCUT2D eigenvalue weighted by atomic mass is 9.50. The quantitative estimate of drug-likeness (QED) is 0.568. The molecule has 4 saturated carbocycles. The first kappa shape index (κ1) is 16.7. The lowest BCUT2D eigenvalue weighted by molar-refractivity contribution is 0.00578. The van der Waals surface area contributed by atoms with Gasteiger partial charge in [0.05, 0.1) is 0 Å². The average molecular weight is 431 g/mol. The molecular weight excluding hydrogens is 408 g/mol. The first-order chi connectivity index (χ1) is 14.9. The van der Waals surface area contributed by atoms with E-state index in [4.69, 9.17) is 8.37 Å². The molecule has 11 rings (SSSR count). The maximum Gasteiger partial charge on any atom is 0.401 e. The van der Waals surface area contributed by atoms with Gasteiger partial charge in [-0.1, -0.05) is 59.7 Å². The average Bonchev–Trinajstić information content (AvgIpc) is 3.36. The molecule has 31 heavy (non-hydrogen) atoms. The summed E-state index contributed by atoms with van der Waals surface area (Å²) in [6, 6.07) is 18.0. The third-order valence-corrected chi connectivity index (χ3v) is 11.4. The van der Waals surface area contributed by atoms with Gasteiger partial charge in [0.2, 0.25) is 0 Å². The maximum absolute atomic E-state index is 12.3. The van der Waals surface area contributed by atoms with Crippen molar-refractivity contribution in [3.8, 4) is 0 Å². The Hall–Kier alpha value is -1.95. The second kappa shape index (κ2) is 4.43. The molecule has 0 radical (unpaired) electrons. The van der Waals surface area contributed by atoms with Crippen LogP contribution in [0.25, 0.3) is 0 Å². The van der Waals surface area contributed by atoms with Crippen molar-refractivity contribution in [2.45, 2.75) is 61.6 Å². The summed E-state index contributed by atoms with van der Waals surface area (Å²) in [5.74, 6) is 0.688. The van der Waals surface area contributed by atoms with Crippen LogP contribution < -0.4 is 0 Å². The zero-order chi connectivity index (χ0) is 20.4. The van der Waals surface area contributed by atoms with Crippen molar-refractivity contribution in [1.29, 1.82) is 0 Å². The van der Waals surface area contributed by atoms with Gasteiger partial charge in [0, 0.05) is 11.8 Å². The van der Waals surface area contributed by atoms with Crippen LogP contribution in [0.15, 0.2) is 59.7 Å². The van der Waals surface area contributed by atoms with E-state index >= 15 is 0 Å². The van der Waals surface area contributed by atoms with Crippen LogP contribution in [-0.4, -0.2) is 19.6 Å². The van der Waals surface area contributed by atoms with Gasteiger partial charge < -0.3 is 0 Å². The van der Waals surface area contributed by atoms with Crippen LogP contribution in [0, 0.1) is 10.8 Å². The number of hydrogen-bond acceptors (Lipinski definition) is 4. The molecule has 4 nitrogen and oxygen atoms in total. The van der Waals surface area contributed by atoms with Crippen LogP contribution in [0.4, 0.5) is 0 Å². The molecule has 0 amide bonds. The molecule has 0 aromatic heterocycles. The summed E-state index contributed by atoms with van der Waals surface area (Å²) >= 11 is 0. The summed E-state index contributed by atoms with van der Waals surface area (Å²) in [5, 5.41) is 0. The minimum atomic E-state index is -3.86. The van der Waals surface area contributed by atoms with E-state index in [0.29, 0.717) is 11.8 Å². The summed E-state index contributed by atoms with van der Waals surface area (Å²) in [6.45, 7) is 0. The van der Waals surface area contributed by atoms with E-state index in [2.05, 4.69) is 48.5 Å². The summed E-state index contributed by atoms with van der Waals surface area (Å²) < 4.78 is 36.0. The Bertz CT molecular complexity index is 1240. The van der Waals surface area contributed by atoms with Gasteiger partial charge in [-0.25, -0.2) is 8.37 Å². The monoisotopic (exact) mass is 430 g/mol. The molecule has 4 spiro atoms. The highest BCUT2D eigenvalue weighted by Crippen LogP contribution is 2.88. The summed E-state index contributed by atoms with van der Waals surface area (Å²) in [7, 11) is -3.86. The van der Waals surface area contributed by atoms with Gasteiger partial charge in [-0.05, 0) is 71.6 Å². The third kappa shape index (κ3) is 1.52. The molecule has 5 fully saturated rings. The molecule has 1 aliphatic heterocycles. The van der Waals surface area contributed by atoms with Gasteiger partial charge in [-0.3, -0.25) is 0 Å². The molecule has 6 bridgehead atoms. The van der Waals surface area contributed by atoms with E-state index in [-0.39, 0.29) is 10.8 Å². The largest absolute Gasteiger partial charge is 0.401 e. The second-order valence-electron chi connectivity index (χ2n) is 11.4. The predicted octanol–water partition coefficient (Wildman–Crippen LogP) is 4.71. The zero-order valence-electron chi connectivity index (χ0n) is 17.1. The fourth-order valence-corrected chi connectivity index (χ4v) is 11.2. The lowest BCUT2D eigenvalue weighted by Crippen LogP contribution is -2.42. The fraction of sp³-hybridized carbons (Fsp3) is 0.462. The van der Waals surface area contributed by atoms with Crippen LogP contribution in [-0.2, 0) is 18.8 Å². The normalized spacial score (nSPS) is 47.9. The molecule has 5 heteroatoms. The van der Waals surface area contributed by atoms with E-state index in [0.717, 1.165) is 38.5 Å². The SMILES string of the molecule is O=S1(=O)OC23CC45CC6=C(CC4(C2)CC3(C5)O1)C1c2ccccc2C6c2ccccc21. The number of hydrogen-bond donors (Lipinski definition) is 0. The molecule has 9 aliphatic rings. The van der Waals surface area contributed by atoms with Crippen molar-refractivity contribution in [3.05, 3.63) is 81.9 Å². The molecule has 0 atom stereocenters. The van der Waals surface area contributed by atoms with E-state index in [1.807, 2.05) is 0 Å². The Kier molecular flexibility index (Phi) is 2.38. The molecular formula is C26H22O4S. The summed E-state index contributed by atoms with van der Waals surface area (Å²) in [6.07, 6.45) is 5.52. The molecule has 156 valence electrons. The minimum absolute atomic E-state index is 0.128. The maximum atomic E-state index is 12.3. The van der Waals surface area contributed by atoms with E-state index in [9.17, 15) is 8.42 Å². The molecule has 1 heterocycles. The number of rotatable bonds is 0. The summed E-state index contributed by atoms with van der Waals surface area (Å²) in [4.78, 5) is 0. The Morgan fingerprint density at radius 1 is 0.645 bits per heavy atom. The van der Waals surface area contributed by atoms with Gasteiger partial charge >= 0.3 is 10.4 Å². The zero-order valence-corrected chi connectivity index (χ0v) is 17.9. The third-order valence-electron chi connectivity index (χ3n) is 10.4. The lowest BCUT2D eigenvalue weighted by Gasteiger charge is -2.54. The smallest absolute Gasteiger partial charge is 0.238 e. The Labute approximate surface area is 181 Å². The van der Waals surface area contributed by atoms with E-state index in [1.165, 1.54) is 22.3 Å². The predicted molar refractivity (Wildman–Crippen MR) is 113 cm³/mol. The Morgan fingerprint density at radius 3 is 1.35 bits per heavy atom. The highest BCUT2D eigenvalue weighted by atomic mass is 32.3. The Balaban J connectivity index is 1.26. The molecule has 8 aliphatic carbocycles. The van der Waals surface area contributed by atoms with Gasteiger partial charge in [0.1, 0.15) is 11.2 Å². The highest BCUT2D eigenvalue weighted by Gasteiger charge is 2.90. The van der Waals surface area contributed by atoms with E-state index < -0.39 is 21.6 Å². The van der Waals surface area contributed by atoms with Crippen molar-refractivity contribution in [1.82, 2.24) is 0 Å². The van der Waals surface area contributed by atoms with Crippen LogP contribution in [0.3, 0.4) is 0 Å². The molecule has 0 unspecified atom stereocenters. The minimum Gasteiger partial charge on any atom is -0.238 e. The number of allylic oxidation sites excluding steroid dienone is 2. The fourth-order valence-electron chi connectivity index (χ4n) is 9.82.